The van der Waals surface area contributed by atoms with Crippen LogP contribution < -0.4 is 15.8 Å². The first kappa shape index (κ1) is 17.2. The predicted octanol–water partition coefficient (Wildman–Crippen LogP) is 2.70. The van der Waals surface area contributed by atoms with Crippen LogP contribution in [-0.2, 0) is 12.0 Å². The molecule has 0 unspecified atom stereocenters. The predicted molar refractivity (Wildman–Crippen MR) is 107 cm³/mol. The summed E-state index contributed by atoms with van der Waals surface area (Å²) in [6.07, 6.45) is 5.64. The zero-order valence-corrected chi connectivity index (χ0v) is 15.9. The molecular formula is C21H24N6O. The standard InChI is InChI=1S/C21H24N6O/c1-14(16-4-2-3-7-24-16)28-18-10-15(12-25-20(18)22)17-11-19-21(5-8-23-13-21)6-9-27(19)26-17/h2-4,7,10-12,14,23H,5-6,8-9,13H2,1H3,(H2,22,25)/t14-,21-/m1/s1. The molecule has 2 aliphatic rings. The third kappa shape index (κ3) is 2.82. The molecule has 5 heterocycles. The van der Waals surface area contributed by atoms with Crippen molar-refractivity contribution in [2.45, 2.75) is 37.8 Å². The Morgan fingerprint density at radius 2 is 2.18 bits per heavy atom. The van der Waals surface area contributed by atoms with Crippen LogP contribution >= 0.6 is 0 Å². The SMILES string of the molecule is C[C@@H](Oc1cc(-c2cc3n(n2)CC[C@@]32CCNC2)cnc1N)c1ccccn1. The third-order valence-corrected chi connectivity index (χ3v) is 5.95. The molecule has 7 heteroatoms. The molecule has 0 radical (unpaired) electrons. The zero-order valence-electron chi connectivity index (χ0n) is 15.9. The van der Waals surface area contributed by atoms with Gasteiger partial charge in [0.1, 0.15) is 6.10 Å². The first-order valence-electron chi connectivity index (χ1n) is 9.77. The average Bonchev–Trinajstić information content (AvgIpc) is 3.43. The highest BCUT2D eigenvalue weighted by atomic mass is 16.5. The Hall–Kier alpha value is -2.93. The molecule has 7 nitrogen and oxygen atoms in total. The van der Waals surface area contributed by atoms with E-state index in [0.717, 1.165) is 36.6 Å². The normalized spacial score (nSPS) is 21.8. The topological polar surface area (TPSA) is 90.9 Å². The molecule has 3 aromatic heterocycles. The largest absolute Gasteiger partial charge is 0.481 e. The number of hydrogen-bond donors (Lipinski definition) is 2. The van der Waals surface area contributed by atoms with E-state index in [1.54, 1.807) is 12.4 Å². The zero-order chi connectivity index (χ0) is 19.1. The van der Waals surface area contributed by atoms with E-state index in [4.69, 9.17) is 15.6 Å². The number of aryl methyl sites for hydroxylation is 1. The second-order valence-electron chi connectivity index (χ2n) is 7.72. The first-order valence-corrected chi connectivity index (χ1v) is 9.77. The van der Waals surface area contributed by atoms with E-state index in [2.05, 4.69) is 26.0 Å². The van der Waals surface area contributed by atoms with Crippen molar-refractivity contribution in [2.75, 3.05) is 18.8 Å². The maximum absolute atomic E-state index is 6.07. The van der Waals surface area contributed by atoms with E-state index in [0.29, 0.717) is 11.6 Å². The lowest BCUT2D eigenvalue weighted by atomic mass is 9.82. The highest BCUT2D eigenvalue weighted by Gasteiger charge is 2.42. The first-order chi connectivity index (χ1) is 13.6. The van der Waals surface area contributed by atoms with Crippen molar-refractivity contribution in [3.63, 3.8) is 0 Å². The summed E-state index contributed by atoms with van der Waals surface area (Å²) < 4.78 is 8.22. The highest BCUT2D eigenvalue weighted by molar-refractivity contribution is 5.64. The van der Waals surface area contributed by atoms with Crippen LogP contribution in [0.1, 0.15) is 37.3 Å². The van der Waals surface area contributed by atoms with Crippen LogP contribution in [0, 0.1) is 0 Å². The number of fused-ring (bicyclic) bond motifs is 2. The Morgan fingerprint density at radius 3 is 2.96 bits per heavy atom. The maximum Gasteiger partial charge on any atom is 0.166 e. The molecule has 0 saturated carbocycles. The minimum atomic E-state index is -0.222. The van der Waals surface area contributed by atoms with Gasteiger partial charge in [-0.3, -0.25) is 9.67 Å². The minimum absolute atomic E-state index is 0.222. The number of ether oxygens (including phenoxy) is 1. The summed E-state index contributed by atoms with van der Waals surface area (Å²) in [7, 11) is 0. The summed E-state index contributed by atoms with van der Waals surface area (Å²) in [6, 6.07) is 9.91. The Bertz CT molecular complexity index is 993. The van der Waals surface area contributed by atoms with E-state index < -0.39 is 0 Å². The van der Waals surface area contributed by atoms with Gasteiger partial charge in [0.2, 0.25) is 0 Å². The quantitative estimate of drug-likeness (QED) is 0.728. The Kier molecular flexibility index (Phi) is 4.05. The summed E-state index contributed by atoms with van der Waals surface area (Å²) in [5.41, 5.74) is 10.3. The second-order valence-corrected chi connectivity index (χ2v) is 7.72. The lowest BCUT2D eigenvalue weighted by Crippen LogP contribution is -2.25. The molecule has 5 rings (SSSR count). The summed E-state index contributed by atoms with van der Waals surface area (Å²) >= 11 is 0. The molecule has 2 atom stereocenters. The van der Waals surface area contributed by atoms with Crippen LogP contribution in [0.15, 0.2) is 42.7 Å². The van der Waals surface area contributed by atoms with Gasteiger partial charge in [0.05, 0.1) is 11.4 Å². The third-order valence-electron chi connectivity index (χ3n) is 5.95. The van der Waals surface area contributed by atoms with E-state index >= 15 is 0 Å². The minimum Gasteiger partial charge on any atom is -0.481 e. The Morgan fingerprint density at radius 1 is 1.25 bits per heavy atom. The molecule has 1 spiro atoms. The van der Waals surface area contributed by atoms with E-state index in [9.17, 15) is 0 Å². The number of nitrogens with zero attached hydrogens (tertiary/aromatic N) is 4. The summed E-state index contributed by atoms with van der Waals surface area (Å²) in [6.45, 7) is 5.04. The number of rotatable bonds is 4. The van der Waals surface area contributed by atoms with Crippen LogP contribution in [0.4, 0.5) is 5.82 Å². The van der Waals surface area contributed by atoms with Crippen molar-refractivity contribution >= 4 is 5.82 Å². The van der Waals surface area contributed by atoms with Gasteiger partial charge in [-0.05, 0) is 50.6 Å². The van der Waals surface area contributed by atoms with E-state index in [1.165, 1.54) is 18.5 Å². The number of nitrogens with two attached hydrogens (primary N) is 1. The van der Waals surface area contributed by atoms with Gasteiger partial charge in [-0.25, -0.2) is 4.98 Å². The van der Waals surface area contributed by atoms with Crippen LogP contribution in [0.5, 0.6) is 5.75 Å². The van der Waals surface area contributed by atoms with Crippen LogP contribution in [0.2, 0.25) is 0 Å². The van der Waals surface area contributed by atoms with Crippen LogP contribution in [-0.4, -0.2) is 32.8 Å². The van der Waals surface area contributed by atoms with Gasteiger partial charge >= 0.3 is 0 Å². The number of aromatic nitrogens is 4. The van der Waals surface area contributed by atoms with Gasteiger partial charge in [0.25, 0.3) is 0 Å². The van der Waals surface area contributed by atoms with Gasteiger partial charge in [-0.15, -0.1) is 0 Å². The van der Waals surface area contributed by atoms with Crippen molar-refractivity contribution in [3.05, 3.63) is 54.1 Å². The smallest absolute Gasteiger partial charge is 0.166 e. The number of anilines is 1. The van der Waals surface area contributed by atoms with Gasteiger partial charge in [-0.2, -0.15) is 5.10 Å². The molecule has 144 valence electrons. The molecule has 2 aliphatic heterocycles. The fourth-order valence-electron chi connectivity index (χ4n) is 4.34. The molecule has 0 aliphatic carbocycles. The molecule has 1 saturated heterocycles. The molecule has 0 aromatic carbocycles. The lowest BCUT2D eigenvalue weighted by Gasteiger charge is -2.20. The molecule has 3 aromatic rings. The van der Waals surface area contributed by atoms with Crippen molar-refractivity contribution in [3.8, 4) is 17.0 Å². The summed E-state index contributed by atoms with van der Waals surface area (Å²) in [5, 5.41) is 8.33. The fraction of sp³-hybridized carbons (Fsp3) is 0.381. The maximum atomic E-state index is 6.07. The summed E-state index contributed by atoms with van der Waals surface area (Å²) in [5.74, 6) is 0.927. The van der Waals surface area contributed by atoms with E-state index in [1.807, 2.05) is 31.2 Å². The van der Waals surface area contributed by atoms with Crippen molar-refractivity contribution in [1.29, 1.82) is 0 Å². The fourth-order valence-corrected chi connectivity index (χ4v) is 4.34. The Labute approximate surface area is 164 Å². The second kappa shape index (κ2) is 6.60. The summed E-state index contributed by atoms with van der Waals surface area (Å²) in [4.78, 5) is 8.70. The van der Waals surface area contributed by atoms with Gasteiger partial charge in [0, 0.05) is 42.2 Å². The van der Waals surface area contributed by atoms with Crippen LogP contribution in [0.3, 0.4) is 0 Å². The number of pyridine rings is 2. The number of nitrogen functional groups attached to an aromatic ring is 1. The molecular weight excluding hydrogens is 352 g/mol. The molecule has 1 fully saturated rings. The molecule has 3 N–H and O–H groups in total. The number of nitrogens with one attached hydrogen (secondary N) is 1. The Balaban J connectivity index is 1.44. The van der Waals surface area contributed by atoms with E-state index in [-0.39, 0.29) is 11.5 Å². The lowest BCUT2D eigenvalue weighted by molar-refractivity contribution is 0.222. The van der Waals surface area contributed by atoms with Gasteiger partial charge in [-0.1, -0.05) is 6.07 Å². The van der Waals surface area contributed by atoms with Crippen molar-refractivity contribution in [2.24, 2.45) is 0 Å². The van der Waals surface area contributed by atoms with Crippen molar-refractivity contribution in [1.82, 2.24) is 25.1 Å². The van der Waals surface area contributed by atoms with Gasteiger partial charge in [0.15, 0.2) is 11.6 Å². The number of hydrogen-bond acceptors (Lipinski definition) is 6. The average molecular weight is 376 g/mol. The highest BCUT2D eigenvalue weighted by Crippen LogP contribution is 2.41. The monoisotopic (exact) mass is 376 g/mol. The molecule has 0 amide bonds. The molecule has 28 heavy (non-hydrogen) atoms. The van der Waals surface area contributed by atoms with Crippen molar-refractivity contribution < 1.29 is 4.74 Å². The van der Waals surface area contributed by atoms with Crippen LogP contribution in [0.25, 0.3) is 11.3 Å². The van der Waals surface area contributed by atoms with Gasteiger partial charge < -0.3 is 15.8 Å². The molecule has 0 bridgehead atoms.